The molecule has 2 aromatic heterocycles. The fraction of sp³-hybridized carbons (Fsp3) is 0.364. The van der Waals surface area contributed by atoms with Crippen molar-refractivity contribution >= 4 is 45.6 Å². The molecule has 0 saturated carbocycles. The molecule has 9 nitrogen and oxygen atoms in total. The number of amides is 1. The van der Waals surface area contributed by atoms with E-state index < -0.39 is 0 Å². The molecular weight excluding hydrogens is 462 g/mol. The number of aryl methyl sites for hydroxylation is 1. The molecule has 0 aliphatic carbocycles. The molecular formula is C22H28ClN7O2S. The van der Waals surface area contributed by atoms with Crippen LogP contribution in [0.1, 0.15) is 22.4 Å². The highest BCUT2D eigenvalue weighted by Gasteiger charge is 2.19. The van der Waals surface area contributed by atoms with Gasteiger partial charge in [0.2, 0.25) is 0 Å². The van der Waals surface area contributed by atoms with E-state index in [4.69, 9.17) is 16.7 Å². The highest BCUT2D eigenvalue weighted by Crippen LogP contribution is 2.25. The van der Waals surface area contributed by atoms with Gasteiger partial charge >= 0.3 is 0 Å². The Hall–Kier alpha value is -2.79. The molecule has 11 heteroatoms. The van der Waals surface area contributed by atoms with Crippen LogP contribution in [0.15, 0.2) is 47.8 Å². The Morgan fingerprint density at radius 3 is 2.70 bits per heavy atom. The number of aliphatic hydroxyl groups is 1. The summed E-state index contributed by atoms with van der Waals surface area (Å²) in [6.45, 7) is 15.3. The number of thiazole rings is 1. The van der Waals surface area contributed by atoms with E-state index in [1.165, 1.54) is 23.6 Å². The number of aromatic nitrogens is 3. The fourth-order valence-electron chi connectivity index (χ4n) is 3.31. The average molecular weight is 490 g/mol. The van der Waals surface area contributed by atoms with Gasteiger partial charge < -0.3 is 20.6 Å². The predicted molar refractivity (Wildman–Crippen MR) is 133 cm³/mol. The second-order valence-electron chi connectivity index (χ2n) is 7.53. The SMILES string of the molecule is C=C/C(Cl)=C(/NC(=O)c1cnc(Nc2cc(N3CCN(CCO)CC3)nc(C)n2)s1)C(=C)C. The van der Waals surface area contributed by atoms with E-state index in [9.17, 15) is 4.79 Å². The lowest BCUT2D eigenvalue weighted by Crippen LogP contribution is -2.47. The van der Waals surface area contributed by atoms with Gasteiger partial charge in [-0.3, -0.25) is 9.69 Å². The number of hydrogen-bond acceptors (Lipinski definition) is 9. The van der Waals surface area contributed by atoms with Gasteiger partial charge in [-0.15, -0.1) is 0 Å². The lowest BCUT2D eigenvalue weighted by Gasteiger charge is -2.35. The molecule has 1 saturated heterocycles. The number of halogens is 1. The third-order valence-corrected chi connectivity index (χ3v) is 6.24. The fourth-order valence-corrected chi connectivity index (χ4v) is 4.24. The maximum Gasteiger partial charge on any atom is 0.267 e. The van der Waals surface area contributed by atoms with E-state index >= 15 is 0 Å². The summed E-state index contributed by atoms with van der Waals surface area (Å²) in [7, 11) is 0. The van der Waals surface area contributed by atoms with Gasteiger partial charge in [0.05, 0.1) is 23.5 Å². The zero-order valence-corrected chi connectivity index (χ0v) is 20.3. The van der Waals surface area contributed by atoms with Crippen LogP contribution >= 0.6 is 22.9 Å². The van der Waals surface area contributed by atoms with Gasteiger partial charge in [0, 0.05) is 38.8 Å². The third-order valence-electron chi connectivity index (χ3n) is 4.98. The number of nitrogens with one attached hydrogen (secondary N) is 2. The minimum atomic E-state index is -0.334. The van der Waals surface area contributed by atoms with Crippen LogP contribution in [0.3, 0.4) is 0 Å². The minimum absolute atomic E-state index is 0.167. The molecule has 33 heavy (non-hydrogen) atoms. The maximum atomic E-state index is 12.6. The first-order valence-corrected chi connectivity index (χ1v) is 11.7. The van der Waals surface area contributed by atoms with Crippen molar-refractivity contribution in [1.82, 2.24) is 25.2 Å². The molecule has 0 atom stereocenters. The molecule has 3 rings (SSSR count). The zero-order valence-electron chi connectivity index (χ0n) is 18.8. The molecule has 3 N–H and O–H groups in total. The van der Waals surface area contributed by atoms with Crippen molar-refractivity contribution in [2.75, 3.05) is 49.5 Å². The summed E-state index contributed by atoms with van der Waals surface area (Å²) >= 11 is 7.32. The second kappa shape index (κ2) is 11.4. The molecule has 1 amide bonds. The van der Waals surface area contributed by atoms with Crippen molar-refractivity contribution in [2.24, 2.45) is 0 Å². The van der Waals surface area contributed by atoms with Crippen LogP contribution in [0.4, 0.5) is 16.8 Å². The molecule has 0 radical (unpaired) electrons. The zero-order chi connectivity index (χ0) is 24.0. The van der Waals surface area contributed by atoms with Crippen LogP contribution in [0, 0.1) is 6.92 Å². The molecule has 3 heterocycles. The number of carbonyl (C=O) groups is 1. The Kier molecular flexibility index (Phi) is 8.56. The minimum Gasteiger partial charge on any atom is -0.395 e. The van der Waals surface area contributed by atoms with Crippen LogP contribution in [0.25, 0.3) is 0 Å². The Labute approximate surface area is 202 Å². The molecule has 1 aliphatic heterocycles. The normalized spacial score (nSPS) is 15.1. The van der Waals surface area contributed by atoms with Gasteiger partial charge in [0.1, 0.15) is 22.3 Å². The standard InChI is InChI=1S/C22H28ClN7O2S/c1-5-16(23)20(14(2)3)28-21(32)17-13-24-22(33-17)27-18-12-19(26-15(4)25-18)30-8-6-29(7-9-30)10-11-31/h5,12-13,31H,1-2,6-11H2,3-4H3,(H,28,32)(H,24,25,26,27)/b20-16-. The van der Waals surface area contributed by atoms with Crippen molar-refractivity contribution < 1.29 is 9.90 Å². The Morgan fingerprint density at radius 2 is 2.06 bits per heavy atom. The summed E-state index contributed by atoms with van der Waals surface area (Å²) in [6.07, 6.45) is 2.95. The first-order valence-electron chi connectivity index (χ1n) is 10.5. The van der Waals surface area contributed by atoms with Gasteiger partial charge in [-0.2, -0.15) is 0 Å². The Balaban J connectivity index is 1.69. The number of hydrogen-bond donors (Lipinski definition) is 3. The lowest BCUT2D eigenvalue weighted by atomic mass is 10.2. The average Bonchev–Trinajstić information content (AvgIpc) is 3.25. The molecule has 0 aromatic carbocycles. The molecule has 1 fully saturated rings. The predicted octanol–water partition coefficient (Wildman–Crippen LogP) is 3.04. The summed E-state index contributed by atoms with van der Waals surface area (Å²) in [5, 5.41) is 15.9. The lowest BCUT2D eigenvalue weighted by molar-refractivity contribution is 0.0970. The summed E-state index contributed by atoms with van der Waals surface area (Å²) in [5.74, 6) is 1.74. The van der Waals surface area contributed by atoms with E-state index in [0.29, 0.717) is 44.5 Å². The summed E-state index contributed by atoms with van der Waals surface area (Å²) < 4.78 is 0. The van der Waals surface area contributed by atoms with Crippen molar-refractivity contribution in [3.05, 3.63) is 58.5 Å². The van der Waals surface area contributed by atoms with Crippen LogP contribution in [0.5, 0.6) is 0 Å². The van der Waals surface area contributed by atoms with Gasteiger partial charge in [-0.25, -0.2) is 15.0 Å². The number of aliphatic hydroxyl groups excluding tert-OH is 1. The molecule has 2 aromatic rings. The van der Waals surface area contributed by atoms with Crippen LogP contribution in [0.2, 0.25) is 0 Å². The highest BCUT2D eigenvalue weighted by molar-refractivity contribution is 7.17. The number of carbonyl (C=O) groups excluding carboxylic acids is 1. The van der Waals surface area contributed by atoms with Gasteiger partial charge in [-0.05, 0) is 25.5 Å². The largest absolute Gasteiger partial charge is 0.395 e. The van der Waals surface area contributed by atoms with Gasteiger partial charge in [0.15, 0.2) is 5.13 Å². The first-order chi connectivity index (χ1) is 15.8. The number of allylic oxidation sites excluding steroid dienone is 3. The quantitative estimate of drug-likeness (QED) is 0.461. The topological polar surface area (TPSA) is 107 Å². The van der Waals surface area contributed by atoms with Crippen molar-refractivity contribution in [3.63, 3.8) is 0 Å². The van der Waals surface area contributed by atoms with Crippen molar-refractivity contribution in [3.8, 4) is 0 Å². The number of rotatable bonds is 9. The Bertz CT molecular complexity index is 1060. The van der Waals surface area contributed by atoms with Gasteiger partial charge in [-0.1, -0.05) is 36.1 Å². The van der Waals surface area contributed by atoms with Crippen LogP contribution < -0.4 is 15.5 Å². The van der Waals surface area contributed by atoms with Crippen LogP contribution in [-0.2, 0) is 0 Å². The van der Waals surface area contributed by atoms with Gasteiger partial charge in [0.25, 0.3) is 5.91 Å². The molecule has 0 bridgehead atoms. The summed E-state index contributed by atoms with van der Waals surface area (Å²) in [4.78, 5) is 30.8. The first kappa shape index (κ1) is 24.8. The van der Waals surface area contributed by atoms with E-state index in [2.05, 4.69) is 48.5 Å². The monoisotopic (exact) mass is 489 g/mol. The Morgan fingerprint density at radius 1 is 1.33 bits per heavy atom. The van der Waals surface area contributed by atoms with E-state index in [1.54, 1.807) is 6.92 Å². The van der Waals surface area contributed by atoms with Crippen LogP contribution in [-0.4, -0.2) is 70.2 Å². The maximum absolute atomic E-state index is 12.6. The highest BCUT2D eigenvalue weighted by atomic mass is 35.5. The number of β-amino-alcohol motifs (C(OH)–C–C–N with tert-alkyl or cyclic N) is 1. The van der Waals surface area contributed by atoms with Crippen molar-refractivity contribution in [1.29, 1.82) is 0 Å². The van der Waals surface area contributed by atoms with E-state index in [0.717, 1.165) is 32.0 Å². The third kappa shape index (κ3) is 6.61. The summed E-state index contributed by atoms with van der Waals surface area (Å²) in [6, 6.07) is 1.88. The number of piperazine rings is 1. The molecule has 1 aliphatic rings. The number of nitrogens with zero attached hydrogens (tertiary/aromatic N) is 5. The molecule has 176 valence electrons. The molecule has 0 unspecified atom stereocenters. The van der Waals surface area contributed by atoms with E-state index in [-0.39, 0.29) is 12.5 Å². The van der Waals surface area contributed by atoms with Crippen molar-refractivity contribution in [2.45, 2.75) is 13.8 Å². The molecule has 0 spiro atoms. The summed E-state index contributed by atoms with van der Waals surface area (Å²) in [5.41, 5.74) is 1.05. The smallest absolute Gasteiger partial charge is 0.267 e. The second-order valence-corrected chi connectivity index (χ2v) is 8.96. The van der Waals surface area contributed by atoms with E-state index in [1.807, 2.05) is 13.0 Å². The number of anilines is 3.